The highest BCUT2D eigenvalue weighted by Gasteiger charge is 2.09. The van der Waals surface area contributed by atoms with Gasteiger partial charge in [0.1, 0.15) is 23.0 Å². The van der Waals surface area contributed by atoms with E-state index in [1.165, 1.54) is 6.26 Å². The first-order valence-corrected chi connectivity index (χ1v) is 3.58. The van der Waals surface area contributed by atoms with Crippen molar-refractivity contribution in [2.75, 3.05) is 0 Å². The van der Waals surface area contributed by atoms with Crippen LogP contribution in [0.25, 0.3) is 11.0 Å². The third-order valence-electron chi connectivity index (χ3n) is 1.78. The number of aromatic hydroxyl groups is 2. The molecule has 2 rings (SSSR count). The van der Waals surface area contributed by atoms with Crippen molar-refractivity contribution in [3.8, 4) is 11.5 Å². The quantitative estimate of drug-likeness (QED) is 0.627. The summed E-state index contributed by atoms with van der Waals surface area (Å²) in [5.74, 6) is 0.0266. The van der Waals surface area contributed by atoms with Crippen LogP contribution in [0.1, 0.15) is 5.56 Å². The van der Waals surface area contributed by atoms with Crippen molar-refractivity contribution < 1.29 is 14.6 Å². The van der Waals surface area contributed by atoms with E-state index in [-0.39, 0.29) is 11.5 Å². The maximum atomic E-state index is 9.40. The third kappa shape index (κ3) is 0.830. The molecular weight excluding hydrogens is 156 g/mol. The van der Waals surface area contributed by atoms with Crippen molar-refractivity contribution in [1.82, 2.24) is 0 Å². The smallest absolute Gasteiger partial charge is 0.165 e. The summed E-state index contributed by atoms with van der Waals surface area (Å²) in [5, 5.41) is 19.0. The Labute approximate surface area is 68.9 Å². The van der Waals surface area contributed by atoms with E-state index in [2.05, 4.69) is 0 Å². The van der Waals surface area contributed by atoms with E-state index in [1.807, 2.05) is 6.92 Å². The lowest BCUT2D eigenvalue weighted by molar-refractivity contribution is 0.457. The summed E-state index contributed by atoms with van der Waals surface area (Å²) in [7, 11) is 0. The molecule has 0 bridgehead atoms. The van der Waals surface area contributed by atoms with Gasteiger partial charge in [-0.1, -0.05) is 0 Å². The van der Waals surface area contributed by atoms with Crippen LogP contribution < -0.4 is 0 Å². The Morgan fingerprint density at radius 2 is 1.92 bits per heavy atom. The molecule has 0 aliphatic carbocycles. The predicted octanol–water partition coefficient (Wildman–Crippen LogP) is 2.15. The number of fused-ring (bicyclic) bond motifs is 1. The van der Waals surface area contributed by atoms with Crippen LogP contribution in [-0.4, -0.2) is 10.2 Å². The van der Waals surface area contributed by atoms with Gasteiger partial charge in [0.15, 0.2) is 5.75 Å². The number of hydrogen-bond donors (Lipinski definition) is 2. The second kappa shape index (κ2) is 2.17. The maximum absolute atomic E-state index is 9.40. The number of furan rings is 1. The first-order chi connectivity index (χ1) is 5.68. The molecule has 0 saturated carbocycles. The molecule has 3 heteroatoms. The van der Waals surface area contributed by atoms with E-state index in [1.54, 1.807) is 12.1 Å². The fourth-order valence-electron chi connectivity index (χ4n) is 1.26. The summed E-state index contributed by atoms with van der Waals surface area (Å²) in [6, 6.07) is 3.34. The predicted molar refractivity (Wildman–Crippen MR) is 44.3 cm³/mol. The number of phenolic OH excluding ortho intramolecular Hbond substituents is 1. The van der Waals surface area contributed by atoms with Crippen molar-refractivity contribution in [2.24, 2.45) is 0 Å². The lowest BCUT2D eigenvalue weighted by Gasteiger charge is -1.96. The van der Waals surface area contributed by atoms with Gasteiger partial charge in [0, 0.05) is 0 Å². The topological polar surface area (TPSA) is 53.6 Å². The Hall–Kier alpha value is -1.64. The molecule has 0 saturated heterocycles. The SMILES string of the molecule is Cc1cc(O)c2c(O)coc2c1. The summed E-state index contributed by atoms with van der Waals surface area (Å²) in [4.78, 5) is 0. The average Bonchev–Trinajstić information content (AvgIpc) is 2.31. The molecule has 0 radical (unpaired) electrons. The summed E-state index contributed by atoms with van der Waals surface area (Å²) >= 11 is 0. The molecule has 0 unspecified atom stereocenters. The molecular formula is C9H8O3. The lowest BCUT2D eigenvalue weighted by atomic mass is 10.1. The van der Waals surface area contributed by atoms with Gasteiger partial charge in [-0.3, -0.25) is 0 Å². The highest BCUT2D eigenvalue weighted by Crippen LogP contribution is 2.34. The van der Waals surface area contributed by atoms with Crippen molar-refractivity contribution in [3.63, 3.8) is 0 Å². The zero-order valence-electron chi connectivity index (χ0n) is 6.53. The highest BCUT2D eigenvalue weighted by atomic mass is 16.4. The van der Waals surface area contributed by atoms with E-state index < -0.39 is 0 Å². The number of hydrogen-bond acceptors (Lipinski definition) is 3. The molecule has 1 heterocycles. The number of aryl methyl sites for hydroxylation is 1. The second-order valence-electron chi connectivity index (χ2n) is 2.78. The molecule has 0 aliphatic heterocycles. The Balaban J connectivity index is 2.93. The van der Waals surface area contributed by atoms with Crippen molar-refractivity contribution in [2.45, 2.75) is 6.92 Å². The van der Waals surface area contributed by atoms with Gasteiger partial charge in [-0.15, -0.1) is 0 Å². The van der Waals surface area contributed by atoms with Gasteiger partial charge in [0.2, 0.25) is 0 Å². The van der Waals surface area contributed by atoms with Crippen molar-refractivity contribution in [1.29, 1.82) is 0 Å². The molecule has 0 aliphatic rings. The van der Waals surface area contributed by atoms with Gasteiger partial charge in [-0.05, 0) is 24.6 Å². The van der Waals surface area contributed by atoms with Crippen molar-refractivity contribution in [3.05, 3.63) is 24.0 Å². The molecule has 62 valence electrons. The number of rotatable bonds is 0. The number of phenols is 1. The Kier molecular flexibility index (Phi) is 1.27. The number of benzene rings is 1. The van der Waals surface area contributed by atoms with E-state index in [9.17, 15) is 10.2 Å². The summed E-state index contributed by atoms with van der Waals surface area (Å²) in [6.07, 6.45) is 1.21. The molecule has 0 amide bonds. The first kappa shape index (κ1) is 7.03. The van der Waals surface area contributed by atoms with Crippen LogP contribution in [0.5, 0.6) is 11.5 Å². The fraction of sp³-hybridized carbons (Fsp3) is 0.111. The molecule has 0 fully saturated rings. The zero-order valence-corrected chi connectivity index (χ0v) is 6.53. The maximum Gasteiger partial charge on any atom is 0.165 e. The van der Waals surface area contributed by atoms with Gasteiger partial charge in [0.25, 0.3) is 0 Å². The van der Waals surface area contributed by atoms with Crippen LogP contribution in [0.3, 0.4) is 0 Å². The summed E-state index contributed by atoms with van der Waals surface area (Å²) < 4.78 is 5.00. The van der Waals surface area contributed by atoms with Gasteiger partial charge in [-0.25, -0.2) is 0 Å². The fourth-order valence-corrected chi connectivity index (χ4v) is 1.26. The minimum absolute atomic E-state index is 0.0255. The molecule has 2 N–H and O–H groups in total. The van der Waals surface area contributed by atoms with Gasteiger partial charge in [-0.2, -0.15) is 0 Å². The summed E-state index contributed by atoms with van der Waals surface area (Å²) in [6.45, 7) is 1.85. The molecule has 1 aromatic heterocycles. The van der Waals surface area contributed by atoms with Gasteiger partial charge >= 0.3 is 0 Å². The van der Waals surface area contributed by atoms with E-state index in [4.69, 9.17) is 4.42 Å². The standard InChI is InChI=1S/C9H8O3/c1-5-2-6(10)9-7(11)4-12-8(9)3-5/h2-4,10-11H,1H3. The van der Waals surface area contributed by atoms with Crippen LogP contribution in [0.4, 0.5) is 0 Å². The van der Waals surface area contributed by atoms with Gasteiger partial charge in [0.05, 0.1) is 0 Å². The average molecular weight is 164 g/mol. The molecule has 12 heavy (non-hydrogen) atoms. The minimum atomic E-state index is -0.0255. The molecule has 0 atom stereocenters. The minimum Gasteiger partial charge on any atom is -0.507 e. The highest BCUT2D eigenvalue weighted by molar-refractivity contribution is 5.90. The second-order valence-corrected chi connectivity index (χ2v) is 2.78. The largest absolute Gasteiger partial charge is 0.507 e. The van der Waals surface area contributed by atoms with Crippen LogP contribution in [0.2, 0.25) is 0 Å². The van der Waals surface area contributed by atoms with E-state index >= 15 is 0 Å². The Morgan fingerprint density at radius 1 is 1.17 bits per heavy atom. The monoisotopic (exact) mass is 164 g/mol. The lowest BCUT2D eigenvalue weighted by Crippen LogP contribution is -1.72. The van der Waals surface area contributed by atoms with E-state index in [0.29, 0.717) is 11.0 Å². The van der Waals surface area contributed by atoms with Crippen molar-refractivity contribution >= 4 is 11.0 Å². The van der Waals surface area contributed by atoms with Crippen LogP contribution in [-0.2, 0) is 0 Å². The Morgan fingerprint density at radius 3 is 2.67 bits per heavy atom. The molecule has 2 aromatic rings. The normalized spacial score (nSPS) is 10.8. The van der Waals surface area contributed by atoms with Crippen LogP contribution in [0.15, 0.2) is 22.8 Å². The van der Waals surface area contributed by atoms with Gasteiger partial charge < -0.3 is 14.6 Å². The Bertz CT molecular complexity index is 429. The zero-order chi connectivity index (χ0) is 8.72. The first-order valence-electron chi connectivity index (χ1n) is 3.58. The summed E-state index contributed by atoms with van der Waals surface area (Å²) in [5.41, 5.74) is 1.40. The van der Waals surface area contributed by atoms with Crippen LogP contribution >= 0.6 is 0 Å². The van der Waals surface area contributed by atoms with E-state index in [0.717, 1.165) is 5.56 Å². The molecule has 1 aromatic carbocycles. The third-order valence-corrected chi connectivity index (χ3v) is 1.78. The molecule has 0 spiro atoms. The molecule has 3 nitrogen and oxygen atoms in total. The van der Waals surface area contributed by atoms with Crippen LogP contribution in [0, 0.1) is 6.92 Å².